The second kappa shape index (κ2) is 8.84. The zero-order chi connectivity index (χ0) is 14.8. The standard InChI is InChI=1S/C13H21N5O2/c1-3-5-15-11-8-14-7-10(18-11)13(20)17-9-12(19)16-6-4-2/h7-8H,3-6,9H2,1-2H3,(H,15,18)(H,16,19)(H,17,20). The zero-order valence-electron chi connectivity index (χ0n) is 11.9. The Kier molecular flexibility index (Phi) is 7.02. The molecule has 0 atom stereocenters. The van der Waals surface area contributed by atoms with Gasteiger partial charge in [0.2, 0.25) is 5.91 Å². The number of carbonyl (C=O) groups excluding carboxylic acids is 2. The van der Waals surface area contributed by atoms with E-state index in [1.54, 1.807) is 6.20 Å². The molecule has 1 heterocycles. The van der Waals surface area contributed by atoms with Crippen molar-refractivity contribution in [3.05, 3.63) is 18.1 Å². The maximum atomic E-state index is 11.8. The van der Waals surface area contributed by atoms with Crippen LogP contribution in [0.25, 0.3) is 0 Å². The molecule has 1 aromatic heterocycles. The molecule has 0 spiro atoms. The van der Waals surface area contributed by atoms with E-state index in [4.69, 9.17) is 0 Å². The van der Waals surface area contributed by atoms with Crippen LogP contribution in [0.1, 0.15) is 37.2 Å². The Morgan fingerprint density at radius 2 is 1.85 bits per heavy atom. The fourth-order valence-electron chi connectivity index (χ4n) is 1.39. The van der Waals surface area contributed by atoms with Gasteiger partial charge in [-0.2, -0.15) is 0 Å². The summed E-state index contributed by atoms with van der Waals surface area (Å²) >= 11 is 0. The summed E-state index contributed by atoms with van der Waals surface area (Å²) < 4.78 is 0. The Hall–Kier alpha value is -2.18. The monoisotopic (exact) mass is 279 g/mol. The molecule has 0 aromatic carbocycles. The van der Waals surface area contributed by atoms with Gasteiger partial charge in [0.15, 0.2) is 0 Å². The van der Waals surface area contributed by atoms with Crippen LogP contribution in [0.4, 0.5) is 5.82 Å². The number of aromatic nitrogens is 2. The summed E-state index contributed by atoms with van der Waals surface area (Å²) in [7, 11) is 0. The average Bonchev–Trinajstić information content (AvgIpc) is 2.48. The molecule has 0 saturated carbocycles. The van der Waals surface area contributed by atoms with E-state index in [9.17, 15) is 9.59 Å². The first-order valence-corrected chi connectivity index (χ1v) is 6.78. The van der Waals surface area contributed by atoms with Crippen LogP contribution in [-0.2, 0) is 4.79 Å². The largest absolute Gasteiger partial charge is 0.369 e. The highest BCUT2D eigenvalue weighted by atomic mass is 16.2. The molecule has 3 N–H and O–H groups in total. The van der Waals surface area contributed by atoms with Crippen molar-refractivity contribution < 1.29 is 9.59 Å². The van der Waals surface area contributed by atoms with Crippen LogP contribution >= 0.6 is 0 Å². The third-order valence-corrected chi connectivity index (χ3v) is 2.40. The molecule has 7 nitrogen and oxygen atoms in total. The van der Waals surface area contributed by atoms with Gasteiger partial charge in [-0.1, -0.05) is 13.8 Å². The predicted octanol–water partition coefficient (Wildman–Crippen LogP) is 0.554. The van der Waals surface area contributed by atoms with Gasteiger partial charge in [0.1, 0.15) is 11.5 Å². The van der Waals surface area contributed by atoms with Gasteiger partial charge in [0, 0.05) is 13.1 Å². The van der Waals surface area contributed by atoms with Crippen molar-refractivity contribution >= 4 is 17.6 Å². The maximum absolute atomic E-state index is 11.8. The SMILES string of the molecule is CCCNC(=O)CNC(=O)c1cncc(NCCC)n1. The molecule has 0 bridgehead atoms. The van der Waals surface area contributed by atoms with E-state index in [-0.39, 0.29) is 18.1 Å². The number of hydrogen-bond donors (Lipinski definition) is 3. The third-order valence-electron chi connectivity index (χ3n) is 2.40. The first-order chi connectivity index (χ1) is 9.67. The van der Waals surface area contributed by atoms with E-state index in [1.165, 1.54) is 6.20 Å². The van der Waals surface area contributed by atoms with Gasteiger partial charge >= 0.3 is 0 Å². The smallest absolute Gasteiger partial charge is 0.272 e. The van der Waals surface area contributed by atoms with Crippen molar-refractivity contribution in [2.24, 2.45) is 0 Å². The highest BCUT2D eigenvalue weighted by Gasteiger charge is 2.10. The highest BCUT2D eigenvalue weighted by Crippen LogP contribution is 2.02. The van der Waals surface area contributed by atoms with Gasteiger partial charge < -0.3 is 16.0 Å². The first kappa shape index (κ1) is 15.9. The van der Waals surface area contributed by atoms with Gasteiger partial charge in [0.05, 0.1) is 18.9 Å². The van der Waals surface area contributed by atoms with Crippen molar-refractivity contribution in [1.82, 2.24) is 20.6 Å². The average molecular weight is 279 g/mol. The van der Waals surface area contributed by atoms with Crippen molar-refractivity contribution in [3.63, 3.8) is 0 Å². The molecule has 0 fully saturated rings. The zero-order valence-corrected chi connectivity index (χ0v) is 11.9. The first-order valence-electron chi connectivity index (χ1n) is 6.78. The van der Waals surface area contributed by atoms with Gasteiger partial charge in [-0.3, -0.25) is 14.6 Å². The third kappa shape index (κ3) is 5.64. The molecular formula is C13H21N5O2. The van der Waals surface area contributed by atoms with E-state index in [0.29, 0.717) is 12.4 Å². The Balaban J connectivity index is 2.48. The van der Waals surface area contributed by atoms with Crippen molar-refractivity contribution in [3.8, 4) is 0 Å². The van der Waals surface area contributed by atoms with E-state index in [1.807, 2.05) is 13.8 Å². The maximum Gasteiger partial charge on any atom is 0.272 e. The second-order valence-electron chi connectivity index (χ2n) is 4.25. The number of rotatable bonds is 8. The Morgan fingerprint density at radius 3 is 2.55 bits per heavy atom. The number of carbonyl (C=O) groups is 2. The van der Waals surface area contributed by atoms with E-state index >= 15 is 0 Å². The van der Waals surface area contributed by atoms with Gasteiger partial charge in [0.25, 0.3) is 5.91 Å². The molecular weight excluding hydrogens is 258 g/mol. The van der Waals surface area contributed by atoms with Crippen LogP contribution in [0.2, 0.25) is 0 Å². The number of amides is 2. The predicted molar refractivity (Wildman–Crippen MR) is 76.4 cm³/mol. The van der Waals surface area contributed by atoms with Crippen LogP contribution in [-0.4, -0.2) is 41.4 Å². The van der Waals surface area contributed by atoms with Crippen molar-refractivity contribution in [2.45, 2.75) is 26.7 Å². The number of anilines is 1. The molecule has 0 unspecified atom stereocenters. The molecule has 0 aliphatic rings. The van der Waals surface area contributed by atoms with Crippen LogP contribution < -0.4 is 16.0 Å². The van der Waals surface area contributed by atoms with E-state index < -0.39 is 5.91 Å². The fraction of sp³-hybridized carbons (Fsp3) is 0.538. The minimum absolute atomic E-state index is 0.0624. The van der Waals surface area contributed by atoms with Crippen molar-refractivity contribution in [1.29, 1.82) is 0 Å². The number of nitrogens with zero attached hydrogens (tertiary/aromatic N) is 2. The molecule has 0 radical (unpaired) electrons. The molecule has 110 valence electrons. The Labute approximate surface area is 118 Å². The molecule has 1 rings (SSSR count). The lowest BCUT2D eigenvalue weighted by Crippen LogP contribution is -2.37. The molecule has 1 aromatic rings. The second-order valence-corrected chi connectivity index (χ2v) is 4.25. The topological polar surface area (TPSA) is 96.0 Å². The van der Waals surface area contributed by atoms with Crippen LogP contribution in [0.15, 0.2) is 12.4 Å². The van der Waals surface area contributed by atoms with Gasteiger partial charge in [-0.15, -0.1) is 0 Å². The summed E-state index contributed by atoms with van der Waals surface area (Å²) in [5.41, 5.74) is 0.189. The minimum atomic E-state index is -0.413. The molecule has 0 aliphatic carbocycles. The Morgan fingerprint density at radius 1 is 1.10 bits per heavy atom. The van der Waals surface area contributed by atoms with Gasteiger partial charge in [-0.25, -0.2) is 4.98 Å². The lowest BCUT2D eigenvalue weighted by atomic mass is 10.4. The van der Waals surface area contributed by atoms with Crippen molar-refractivity contribution in [2.75, 3.05) is 25.0 Å². The summed E-state index contributed by atoms with van der Waals surface area (Å²) in [6, 6.07) is 0. The number of nitrogens with one attached hydrogen (secondary N) is 3. The fourth-order valence-corrected chi connectivity index (χ4v) is 1.39. The van der Waals surface area contributed by atoms with E-state index in [0.717, 1.165) is 19.4 Å². The van der Waals surface area contributed by atoms with E-state index in [2.05, 4.69) is 25.9 Å². The van der Waals surface area contributed by atoms with Gasteiger partial charge in [-0.05, 0) is 12.8 Å². The summed E-state index contributed by atoms with van der Waals surface area (Å²) in [5, 5.41) is 8.24. The Bertz CT molecular complexity index is 450. The molecule has 7 heteroatoms. The minimum Gasteiger partial charge on any atom is -0.369 e. The lowest BCUT2D eigenvalue weighted by Gasteiger charge is -2.07. The summed E-state index contributed by atoms with van der Waals surface area (Å²) in [6.07, 6.45) is 4.74. The summed E-state index contributed by atoms with van der Waals surface area (Å²) in [5.74, 6) is -0.0762. The number of hydrogen-bond acceptors (Lipinski definition) is 5. The normalized spacial score (nSPS) is 9.90. The van der Waals surface area contributed by atoms with Crippen LogP contribution in [0, 0.1) is 0 Å². The van der Waals surface area contributed by atoms with Crippen LogP contribution in [0.5, 0.6) is 0 Å². The summed E-state index contributed by atoms with van der Waals surface area (Å²) in [6.45, 7) is 5.30. The van der Waals surface area contributed by atoms with Crippen LogP contribution in [0.3, 0.4) is 0 Å². The highest BCUT2D eigenvalue weighted by molar-refractivity contribution is 5.94. The molecule has 20 heavy (non-hydrogen) atoms. The molecule has 0 saturated heterocycles. The molecule has 2 amide bonds. The lowest BCUT2D eigenvalue weighted by molar-refractivity contribution is -0.120. The molecule has 0 aliphatic heterocycles. The quantitative estimate of drug-likeness (QED) is 0.646. The summed E-state index contributed by atoms with van der Waals surface area (Å²) in [4.78, 5) is 31.3.